The molecule has 19 heavy (non-hydrogen) atoms. The molecule has 0 radical (unpaired) electrons. The molecule has 1 nitrogen and oxygen atoms in total. The zero-order chi connectivity index (χ0) is 13.4. The van der Waals surface area contributed by atoms with E-state index in [0.717, 1.165) is 0 Å². The van der Waals surface area contributed by atoms with Crippen molar-refractivity contribution in [1.29, 1.82) is 0 Å². The summed E-state index contributed by atoms with van der Waals surface area (Å²) in [6.45, 7) is 11.0. The molecule has 0 unspecified atom stereocenters. The predicted molar refractivity (Wildman–Crippen MR) is 87.7 cm³/mol. The van der Waals surface area contributed by atoms with Crippen LogP contribution in [-0.2, 0) is 0 Å². The minimum atomic E-state index is 0. The molecular formula is C16H22ClNS. The van der Waals surface area contributed by atoms with Crippen LogP contribution in [0, 0.1) is 34.6 Å². The Bertz CT molecular complexity index is 544. The Labute approximate surface area is 126 Å². The molecule has 0 aliphatic heterocycles. The highest BCUT2D eigenvalue weighted by molar-refractivity contribution is 7.10. The lowest BCUT2D eigenvalue weighted by Crippen LogP contribution is -2.16. The second-order valence-corrected chi connectivity index (χ2v) is 6.01. The normalized spacial score (nSPS) is 12.1. The maximum atomic E-state index is 6.46. The van der Waals surface area contributed by atoms with Crippen molar-refractivity contribution in [1.82, 2.24) is 0 Å². The molecule has 104 valence electrons. The summed E-state index contributed by atoms with van der Waals surface area (Å²) in [5, 5.41) is 2.09. The molecule has 0 saturated carbocycles. The van der Waals surface area contributed by atoms with Crippen molar-refractivity contribution in [3.8, 4) is 0 Å². The summed E-state index contributed by atoms with van der Waals surface area (Å²) in [5.74, 6) is 0. The van der Waals surface area contributed by atoms with Crippen molar-refractivity contribution in [3.63, 3.8) is 0 Å². The quantitative estimate of drug-likeness (QED) is 0.849. The van der Waals surface area contributed by atoms with Crippen LogP contribution in [0.2, 0.25) is 0 Å². The highest BCUT2D eigenvalue weighted by Crippen LogP contribution is 2.33. The third-order valence-corrected chi connectivity index (χ3v) is 5.17. The van der Waals surface area contributed by atoms with E-state index in [4.69, 9.17) is 5.73 Å². The van der Waals surface area contributed by atoms with E-state index >= 15 is 0 Å². The minimum absolute atomic E-state index is 0. The number of hydrogen-bond acceptors (Lipinski definition) is 2. The fourth-order valence-corrected chi connectivity index (χ4v) is 3.34. The third-order valence-electron chi connectivity index (χ3n) is 4.22. The molecule has 0 spiro atoms. The number of thiophene rings is 1. The maximum Gasteiger partial charge on any atom is 0.0651 e. The highest BCUT2D eigenvalue weighted by Gasteiger charge is 2.19. The predicted octanol–water partition coefficient (Wildman–Crippen LogP) is 4.76. The summed E-state index contributed by atoms with van der Waals surface area (Å²) in [7, 11) is 0. The van der Waals surface area contributed by atoms with Gasteiger partial charge in [0.1, 0.15) is 0 Å². The Hall–Kier alpha value is -0.830. The van der Waals surface area contributed by atoms with Gasteiger partial charge in [-0.05, 0) is 79.4 Å². The smallest absolute Gasteiger partial charge is 0.0651 e. The summed E-state index contributed by atoms with van der Waals surface area (Å²) >= 11 is 1.73. The van der Waals surface area contributed by atoms with Crippen LogP contribution in [0.25, 0.3) is 0 Å². The fourth-order valence-electron chi connectivity index (χ4n) is 2.61. The van der Waals surface area contributed by atoms with Gasteiger partial charge < -0.3 is 5.73 Å². The lowest BCUT2D eigenvalue weighted by molar-refractivity contribution is 0.861. The SMILES string of the molecule is Cc1c(C)c(C)c([C@H](N)c2cccs2)c(C)c1C.Cl. The molecule has 0 fully saturated rings. The Morgan fingerprint density at radius 3 is 1.79 bits per heavy atom. The van der Waals surface area contributed by atoms with E-state index in [2.05, 4.69) is 52.1 Å². The molecule has 0 aliphatic carbocycles. The first kappa shape index (κ1) is 16.2. The number of hydrogen-bond donors (Lipinski definition) is 1. The van der Waals surface area contributed by atoms with Crippen LogP contribution in [0.4, 0.5) is 0 Å². The molecule has 1 aromatic carbocycles. The van der Waals surface area contributed by atoms with E-state index in [1.807, 2.05) is 0 Å². The molecule has 0 amide bonds. The van der Waals surface area contributed by atoms with E-state index in [1.165, 1.54) is 38.3 Å². The van der Waals surface area contributed by atoms with Crippen molar-refractivity contribution >= 4 is 23.7 Å². The van der Waals surface area contributed by atoms with Crippen molar-refractivity contribution < 1.29 is 0 Å². The standard InChI is InChI=1S/C16H21NS.ClH/c1-9-10(2)12(4)15(13(5)11(9)3)16(17)14-7-6-8-18-14;/h6-8,16H,17H2,1-5H3;1H/t16-;/m1./s1. The van der Waals surface area contributed by atoms with Gasteiger partial charge in [-0.3, -0.25) is 0 Å². The maximum absolute atomic E-state index is 6.46. The van der Waals surface area contributed by atoms with Crippen LogP contribution in [0.3, 0.4) is 0 Å². The van der Waals surface area contributed by atoms with Crippen LogP contribution in [0.5, 0.6) is 0 Å². The molecule has 0 bridgehead atoms. The fraction of sp³-hybridized carbons (Fsp3) is 0.375. The molecule has 1 aromatic heterocycles. The largest absolute Gasteiger partial charge is 0.320 e. The van der Waals surface area contributed by atoms with Gasteiger partial charge in [0, 0.05) is 4.88 Å². The Balaban J connectivity index is 0.00000180. The average Bonchev–Trinajstić information content (AvgIpc) is 2.88. The molecule has 3 heteroatoms. The van der Waals surface area contributed by atoms with Gasteiger partial charge in [-0.1, -0.05) is 6.07 Å². The van der Waals surface area contributed by atoms with Crippen molar-refractivity contribution in [2.24, 2.45) is 5.73 Å². The molecular weight excluding hydrogens is 274 g/mol. The van der Waals surface area contributed by atoms with Gasteiger partial charge in [-0.2, -0.15) is 0 Å². The van der Waals surface area contributed by atoms with Crippen LogP contribution in [-0.4, -0.2) is 0 Å². The summed E-state index contributed by atoms with van der Waals surface area (Å²) in [6, 6.07) is 4.19. The molecule has 0 aliphatic rings. The first-order valence-electron chi connectivity index (χ1n) is 6.31. The van der Waals surface area contributed by atoms with Crippen LogP contribution in [0.15, 0.2) is 17.5 Å². The molecule has 0 saturated heterocycles. The second kappa shape index (κ2) is 6.08. The van der Waals surface area contributed by atoms with Gasteiger partial charge in [0.15, 0.2) is 0 Å². The van der Waals surface area contributed by atoms with Gasteiger partial charge in [-0.25, -0.2) is 0 Å². The van der Waals surface area contributed by atoms with Crippen molar-refractivity contribution in [2.75, 3.05) is 0 Å². The Morgan fingerprint density at radius 2 is 1.37 bits per heavy atom. The highest BCUT2D eigenvalue weighted by atomic mass is 35.5. The molecule has 2 aromatic rings. The zero-order valence-electron chi connectivity index (χ0n) is 12.2. The van der Waals surface area contributed by atoms with E-state index < -0.39 is 0 Å². The average molecular weight is 296 g/mol. The van der Waals surface area contributed by atoms with Crippen molar-refractivity contribution in [2.45, 2.75) is 40.7 Å². The second-order valence-electron chi connectivity index (χ2n) is 5.03. The molecule has 1 heterocycles. The third kappa shape index (κ3) is 2.71. The monoisotopic (exact) mass is 295 g/mol. The topological polar surface area (TPSA) is 26.0 Å². The molecule has 1 atom stereocenters. The van der Waals surface area contributed by atoms with E-state index in [1.54, 1.807) is 11.3 Å². The van der Waals surface area contributed by atoms with Crippen LogP contribution < -0.4 is 5.73 Å². The van der Waals surface area contributed by atoms with E-state index in [-0.39, 0.29) is 18.4 Å². The summed E-state index contributed by atoms with van der Waals surface area (Å²) in [4.78, 5) is 1.24. The van der Waals surface area contributed by atoms with Crippen molar-refractivity contribution in [3.05, 3.63) is 55.8 Å². The zero-order valence-corrected chi connectivity index (χ0v) is 13.8. The van der Waals surface area contributed by atoms with E-state index in [9.17, 15) is 0 Å². The number of rotatable bonds is 2. The number of benzene rings is 1. The summed E-state index contributed by atoms with van der Waals surface area (Å²) in [5.41, 5.74) is 14.6. The number of nitrogens with two attached hydrogens (primary N) is 1. The van der Waals surface area contributed by atoms with Gasteiger partial charge in [0.25, 0.3) is 0 Å². The summed E-state index contributed by atoms with van der Waals surface area (Å²) < 4.78 is 0. The van der Waals surface area contributed by atoms with Crippen LogP contribution >= 0.6 is 23.7 Å². The first-order chi connectivity index (χ1) is 8.45. The Kier molecular flexibility index (Phi) is 5.19. The lowest BCUT2D eigenvalue weighted by atomic mass is 9.86. The molecule has 2 rings (SSSR count). The minimum Gasteiger partial charge on any atom is -0.320 e. The van der Waals surface area contributed by atoms with Crippen LogP contribution in [0.1, 0.15) is 44.3 Å². The van der Waals surface area contributed by atoms with Gasteiger partial charge in [-0.15, -0.1) is 23.7 Å². The number of halogens is 1. The summed E-state index contributed by atoms with van der Waals surface area (Å²) in [6.07, 6.45) is 0. The molecule has 2 N–H and O–H groups in total. The van der Waals surface area contributed by atoms with Gasteiger partial charge in [0.05, 0.1) is 6.04 Å². The van der Waals surface area contributed by atoms with Gasteiger partial charge >= 0.3 is 0 Å². The lowest BCUT2D eigenvalue weighted by Gasteiger charge is -2.22. The van der Waals surface area contributed by atoms with Gasteiger partial charge in [0.2, 0.25) is 0 Å². The Morgan fingerprint density at radius 1 is 0.895 bits per heavy atom. The van der Waals surface area contributed by atoms with E-state index in [0.29, 0.717) is 0 Å². The first-order valence-corrected chi connectivity index (χ1v) is 7.19.